The monoisotopic (exact) mass is 333 g/mol. The van der Waals surface area contributed by atoms with E-state index in [0.717, 1.165) is 16.6 Å². The fraction of sp³-hybridized carbons (Fsp3) is 0.294. The van der Waals surface area contributed by atoms with E-state index < -0.39 is 0 Å². The molecular formula is C17H20BrNO. The molecule has 106 valence electrons. The van der Waals surface area contributed by atoms with Crippen LogP contribution in [0.5, 0.6) is 0 Å². The maximum atomic E-state index is 9.19. The summed E-state index contributed by atoms with van der Waals surface area (Å²) in [4.78, 5) is 0. The quantitative estimate of drug-likeness (QED) is 0.863. The van der Waals surface area contributed by atoms with Gasteiger partial charge in [0.2, 0.25) is 0 Å². The molecule has 0 saturated heterocycles. The minimum absolute atomic E-state index is 0.0897. The molecule has 1 atom stereocenters. The van der Waals surface area contributed by atoms with E-state index in [0.29, 0.717) is 0 Å². The molecule has 0 radical (unpaired) electrons. The number of halogens is 1. The van der Waals surface area contributed by atoms with Crippen LogP contribution in [0.3, 0.4) is 0 Å². The Bertz CT molecular complexity index is 583. The summed E-state index contributed by atoms with van der Waals surface area (Å²) in [5.74, 6) is 0. The average molecular weight is 334 g/mol. The van der Waals surface area contributed by atoms with Crippen molar-refractivity contribution in [1.82, 2.24) is 5.32 Å². The lowest BCUT2D eigenvalue weighted by molar-refractivity contribution is 0.281. The van der Waals surface area contributed by atoms with Crippen LogP contribution < -0.4 is 5.32 Å². The van der Waals surface area contributed by atoms with Crippen molar-refractivity contribution in [3.05, 3.63) is 69.2 Å². The second-order valence-electron chi connectivity index (χ2n) is 5.08. The molecule has 3 heteroatoms. The number of aliphatic hydroxyl groups excluding tert-OH is 1. The van der Waals surface area contributed by atoms with Crippen molar-refractivity contribution in [2.45, 2.75) is 33.0 Å². The van der Waals surface area contributed by atoms with Gasteiger partial charge in [0.15, 0.2) is 0 Å². The third kappa shape index (κ3) is 3.92. The van der Waals surface area contributed by atoms with Crippen LogP contribution in [0.1, 0.15) is 35.2 Å². The van der Waals surface area contributed by atoms with Crippen LogP contribution in [0.4, 0.5) is 0 Å². The summed E-state index contributed by atoms with van der Waals surface area (Å²) < 4.78 is 1.11. The summed E-state index contributed by atoms with van der Waals surface area (Å²) in [5.41, 5.74) is 4.74. The number of hydrogen-bond donors (Lipinski definition) is 2. The third-order valence-corrected chi connectivity index (χ3v) is 4.03. The highest BCUT2D eigenvalue weighted by Crippen LogP contribution is 2.18. The maximum Gasteiger partial charge on any atom is 0.0681 e. The lowest BCUT2D eigenvalue weighted by Crippen LogP contribution is -2.18. The first-order valence-electron chi connectivity index (χ1n) is 6.78. The van der Waals surface area contributed by atoms with Crippen molar-refractivity contribution in [1.29, 1.82) is 0 Å². The lowest BCUT2D eigenvalue weighted by Gasteiger charge is -2.16. The molecule has 0 amide bonds. The summed E-state index contributed by atoms with van der Waals surface area (Å²) in [6.07, 6.45) is 0. The van der Waals surface area contributed by atoms with Crippen molar-refractivity contribution in [3.8, 4) is 0 Å². The first-order chi connectivity index (χ1) is 9.60. The van der Waals surface area contributed by atoms with Gasteiger partial charge in [-0.25, -0.2) is 0 Å². The van der Waals surface area contributed by atoms with Crippen molar-refractivity contribution >= 4 is 15.9 Å². The first kappa shape index (κ1) is 15.2. The minimum Gasteiger partial charge on any atom is -0.392 e. The molecule has 0 aliphatic rings. The molecule has 0 heterocycles. The highest BCUT2D eigenvalue weighted by molar-refractivity contribution is 9.10. The molecule has 0 aromatic heterocycles. The number of nitrogens with one attached hydrogen (secondary N) is 1. The van der Waals surface area contributed by atoms with E-state index in [1.54, 1.807) is 0 Å². The third-order valence-electron chi connectivity index (χ3n) is 3.54. The normalized spacial score (nSPS) is 12.4. The Morgan fingerprint density at radius 2 is 2.00 bits per heavy atom. The largest absolute Gasteiger partial charge is 0.392 e. The molecule has 0 aliphatic carbocycles. The van der Waals surface area contributed by atoms with E-state index in [9.17, 15) is 5.11 Å². The topological polar surface area (TPSA) is 32.3 Å². The van der Waals surface area contributed by atoms with E-state index >= 15 is 0 Å². The number of aliphatic hydroxyl groups is 1. The van der Waals surface area contributed by atoms with Gasteiger partial charge in [0.1, 0.15) is 0 Å². The van der Waals surface area contributed by atoms with E-state index in [1.807, 2.05) is 18.2 Å². The molecule has 2 rings (SSSR count). The van der Waals surface area contributed by atoms with Crippen molar-refractivity contribution < 1.29 is 5.11 Å². The van der Waals surface area contributed by atoms with Gasteiger partial charge in [0.25, 0.3) is 0 Å². The van der Waals surface area contributed by atoms with Crippen molar-refractivity contribution in [2.24, 2.45) is 0 Å². The molecule has 0 fully saturated rings. The van der Waals surface area contributed by atoms with Gasteiger partial charge in [-0.3, -0.25) is 0 Å². The van der Waals surface area contributed by atoms with Gasteiger partial charge in [0.05, 0.1) is 6.61 Å². The summed E-state index contributed by atoms with van der Waals surface area (Å²) in [5, 5.41) is 12.7. The second-order valence-corrected chi connectivity index (χ2v) is 5.99. The van der Waals surface area contributed by atoms with Crippen LogP contribution in [0, 0.1) is 6.92 Å². The van der Waals surface area contributed by atoms with Gasteiger partial charge in [-0.2, -0.15) is 0 Å². The fourth-order valence-electron chi connectivity index (χ4n) is 2.20. The summed E-state index contributed by atoms with van der Waals surface area (Å²) in [6, 6.07) is 14.7. The smallest absolute Gasteiger partial charge is 0.0681 e. The lowest BCUT2D eigenvalue weighted by atomic mass is 10.0. The van der Waals surface area contributed by atoms with Gasteiger partial charge >= 0.3 is 0 Å². The Labute approximate surface area is 129 Å². The Morgan fingerprint density at radius 3 is 2.70 bits per heavy atom. The van der Waals surface area contributed by atoms with E-state index in [1.165, 1.54) is 16.7 Å². The van der Waals surface area contributed by atoms with E-state index in [-0.39, 0.29) is 12.6 Å². The van der Waals surface area contributed by atoms with Crippen molar-refractivity contribution in [3.63, 3.8) is 0 Å². The minimum atomic E-state index is 0.0897. The van der Waals surface area contributed by atoms with Gasteiger partial charge in [0, 0.05) is 17.1 Å². The Morgan fingerprint density at radius 1 is 1.20 bits per heavy atom. The summed E-state index contributed by atoms with van der Waals surface area (Å²) in [7, 11) is 0. The van der Waals surface area contributed by atoms with Gasteiger partial charge < -0.3 is 10.4 Å². The SMILES string of the molecule is Cc1cc(Br)ccc1CNC(C)c1cccc(CO)c1. The van der Waals surface area contributed by atoms with Gasteiger partial charge in [-0.05, 0) is 48.2 Å². The zero-order valence-electron chi connectivity index (χ0n) is 11.9. The average Bonchev–Trinajstić information content (AvgIpc) is 2.46. The fourth-order valence-corrected chi connectivity index (χ4v) is 2.67. The van der Waals surface area contributed by atoms with Gasteiger partial charge in [-0.15, -0.1) is 0 Å². The van der Waals surface area contributed by atoms with E-state index in [2.05, 4.69) is 59.4 Å². The number of rotatable bonds is 5. The maximum absolute atomic E-state index is 9.19. The molecule has 0 aliphatic heterocycles. The van der Waals surface area contributed by atoms with Crippen LogP contribution >= 0.6 is 15.9 Å². The molecule has 1 unspecified atom stereocenters. The van der Waals surface area contributed by atoms with Crippen LogP contribution in [0.2, 0.25) is 0 Å². The summed E-state index contributed by atoms with van der Waals surface area (Å²) in [6.45, 7) is 5.19. The molecule has 0 bridgehead atoms. The zero-order valence-corrected chi connectivity index (χ0v) is 13.4. The van der Waals surface area contributed by atoms with E-state index in [4.69, 9.17) is 0 Å². The standard InChI is InChI=1S/C17H20BrNO/c1-12-8-17(18)7-6-16(12)10-19-13(2)15-5-3-4-14(9-15)11-20/h3-9,13,19-20H,10-11H2,1-2H3. The van der Waals surface area contributed by atoms with Crippen LogP contribution in [-0.4, -0.2) is 5.11 Å². The molecule has 0 saturated carbocycles. The Hall–Kier alpha value is -1.16. The van der Waals surface area contributed by atoms with Crippen LogP contribution in [0.15, 0.2) is 46.9 Å². The first-order valence-corrected chi connectivity index (χ1v) is 7.57. The van der Waals surface area contributed by atoms with Gasteiger partial charge in [-0.1, -0.05) is 46.3 Å². The zero-order chi connectivity index (χ0) is 14.5. The molecule has 2 aromatic rings. The molecule has 2 N–H and O–H groups in total. The molecular weight excluding hydrogens is 314 g/mol. The molecule has 0 spiro atoms. The number of hydrogen-bond acceptors (Lipinski definition) is 2. The second kappa shape index (κ2) is 7.02. The number of aryl methyl sites for hydroxylation is 1. The highest BCUT2D eigenvalue weighted by Gasteiger charge is 2.06. The Balaban J connectivity index is 2.02. The van der Waals surface area contributed by atoms with Crippen molar-refractivity contribution in [2.75, 3.05) is 0 Å². The summed E-state index contributed by atoms with van der Waals surface area (Å²) >= 11 is 3.48. The van der Waals surface area contributed by atoms with Crippen LogP contribution in [-0.2, 0) is 13.2 Å². The molecule has 2 aromatic carbocycles. The highest BCUT2D eigenvalue weighted by atomic mass is 79.9. The Kier molecular flexibility index (Phi) is 5.35. The van der Waals surface area contributed by atoms with Crippen LogP contribution in [0.25, 0.3) is 0 Å². The molecule has 20 heavy (non-hydrogen) atoms. The predicted octanol–water partition coefficient (Wildman–Crippen LogP) is 4.10. The number of benzene rings is 2. The predicted molar refractivity (Wildman–Crippen MR) is 86.5 cm³/mol. The molecule has 2 nitrogen and oxygen atoms in total.